The Bertz CT molecular complexity index is 4210. The lowest BCUT2D eigenvalue weighted by atomic mass is 9.70. The molecule has 12 aromatic carbocycles. The summed E-state index contributed by atoms with van der Waals surface area (Å²) in [6.07, 6.45) is 0. The van der Waals surface area contributed by atoms with Gasteiger partial charge in [0, 0.05) is 38.7 Å². The number of para-hydroxylation sites is 2. The molecule has 0 saturated heterocycles. The molecule has 1 aromatic heterocycles. The number of anilines is 3. The Hall–Kier alpha value is -8.98. The van der Waals surface area contributed by atoms with E-state index >= 15 is 0 Å². The van der Waals surface area contributed by atoms with Crippen LogP contribution in [0.1, 0.15) is 22.3 Å². The van der Waals surface area contributed by atoms with E-state index in [1.54, 1.807) is 0 Å². The molecule has 0 radical (unpaired) electrons. The van der Waals surface area contributed by atoms with E-state index in [9.17, 15) is 0 Å². The van der Waals surface area contributed by atoms with Crippen LogP contribution < -0.4 is 4.90 Å². The Morgan fingerprint density at radius 3 is 1.52 bits per heavy atom. The molecule has 0 aliphatic heterocycles. The van der Waals surface area contributed by atoms with Crippen LogP contribution in [0.5, 0.6) is 0 Å². The molecule has 0 amide bonds. The van der Waals surface area contributed by atoms with E-state index in [0.717, 1.165) is 55.5 Å². The van der Waals surface area contributed by atoms with Crippen LogP contribution in [0.2, 0.25) is 0 Å². The van der Waals surface area contributed by atoms with Crippen molar-refractivity contribution >= 4 is 71.3 Å². The minimum Gasteiger partial charge on any atom is -0.455 e. The van der Waals surface area contributed by atoms with Gasteiger partial charge in [0.05, 0.1) is 11.1 Å². The van der Waals surface area contributed by atoms with Crippen LogP contribution in [0.15, 0.2) is 253 Å². The van der Waals surface area contributed by atoms with E-state index in [-0.39, 0.29) is 0 Å². The van der Waals surface area contributed by atoms with Crippen molar-refractivity contribution in [2.45, 2.75) is 5.41 Å². The van der Waals surface area contributed by atoms with Crippen LogP contribution in [0, 0.1) is 0 Å². The lowest BCUT2D eigenvalue weighted by molar-refractivity contribution is 0.674. The second-order valence-corrected chi connectivity index (χ2v) is 18.7. The summed E-state index contributed by atoms with van der Waals surface area (Å²) in [5, 5.41) is 9.54. The Balaban J connectivity index is 0.978. The normalized spacial score (nSPS) is 13.0. The predicted octanol–water partition coefficient (Wildman–Crippen LogP) is 18.2. The highest BCUT2D eigenvalue weighted by atomic mass is 16.3. The second kappa shape index (κ2) is 14.5. The summed E-state index contributed by atoms with van der Waals surface area (Å²) in [6, 6.07) is 91.8. The van der Waals surface area contributed by atoms with Gasteiger partial charge in [0.15, 0.2) is 0 Å². The first kappa shape index (κ1) is 38.2. The number of hydrogen-bond acceptors (Lipinski definition) is 2. The van der Waals surface area contributed by atoms with Gasteiger partial charge in [-0.15, -0.1) is 0 Å². The lowest BCUT2D eigenvalue weighted by Crippen LogP contribution is -2.26. The van der Waals surface area contributed by atoms with Crippen LogP contribution in [-0.2, 0) is 5.41 Å². The van der Waals surface area contributed by atoms with Gasteiger partial charge in [-0.2, -0.15) is 0 Å². The number of hydrogen-bond donors (Lipinski definition) is 0. The van der Waals surface area contributed by atoms with E-state index in [2.05, 4.69) is 254 Å². The van der Waals surface area contributed by atoms with Crippen molar-refractivity contribution in [3.05, 3.63) is 271 Å². The third kappa shape index (κ3) is 5.31. The van der Waals surface area contributed by atoms with E-state index in [1.165, 1.54) is 82.6 Å². The summed E-state index contributed by atoms with van der Waals surface area (Å²) in [4.78, 5) is 2.47. The SMILES string of the molecule is c1ccc(N(c2ccc(-c3cc4ccccc4c4ccccc34)cc2)c2ccc3c(c2)C2(c4ccccc4-c4ccccc42)c2ccccc2-3)c(-c2cccc3c2oc2c4ccccc4ccc32)c1. The number of rotatable bonds is 5. The molecule has 2 aliphatic rings. The van der Waals surface area contributed by atoms with E-state index in [1.807, 2.05) is 0 Å². The summed E-state index contributed by atoms with van der Waals surface area (Å²) in [6.45, 7) is 0. The Morgan fingerprint density at radius 2 is 0.797 bits per heavy atom. The molecule has 1 spiro atoms. The van der Waals surface area contributed by atoms with Crippen LogP contribution in [-0.4, -0.2) is 0 Å². The molecule has 0 atom stereocenters. The minimum atomic E-state index is -0.482. The Morgan fingerprint density at radius 1 is 0.275 bits per heavy atom. The van der Waals surface area contributed by atoms with Gasteiger partial charge in [-0.25, -0.2) is 0 Å². The molecule has 2 heteroatoms. The summed E-state index contributed by atoms with van der Waals surface area (Å²) in [5.74, 6) is 0. The van der Waals surface area contributed by atoms with Crippen molar-refractivity contribution in [1.29, 1.82) is 0 Å². The van der Waals surface area contributed by atoms with Crippen molar-refractivity contribution in [3.63, 3.8) is 0 Å². The first-order chi connectivity index (χ1) is 34.2. The van der Waals surface area contributed by atoms with Crippen molar-refractivity contribution in [3.8, 4) is 44.5 Å². The topological polar surface area (TPSA) is 16.4 Å². The van der Waals surface area contributed by atoms with Crippen molar-refractivity contribution in [2.75, 3.05) is 4.90 Å². The average molecular weight is 876 g/mol. The minimum absolute atomic E-state index is 0.482. The number of nitrogens with zero attached hydrogens (tertiary/aromatic N) is 1. The van der Waals surface area contributed by atoms with E-state index in [4.69, 9.17) is 4.42 Å². The van der Waals surface area contributed by atoms with Gasteiger partial charge in [-0.3, -0.25) is 0 Å². The van der Waals surface area contributed by atoms with Crippen LogP contribution >= 0.6 is 0 Å². The Kier molecular flexibility index (Phi) is 8.02. The van der Waals surface area contributed by atoms with Gasteiger partial charge in [-0.05, 0) is 125 Å². The Labute approximate surface area is 399 Å². The average Bonchev–Trinajstić information content (AvgIpc) is 4.06. The van der Waals surface area contributed by atoms with Crippen LogP contribution in [0.3, 0.4) is 0 Å². The monoisotopic (exact) mass is 875 g/mol. The van der Waals surface area contributed by atoms with Crippen LogP contribution in [0.4, 0.5) is 17.1 Å². The molecular formula is C67H41NO. The molecular weight excluding hydrogens is 835 g/mol. The molecule has 13 aromatic rings. The van der Waals surface area contributed by atoms with Gasteiger partial charge >= 0.3 is 0 Å². The largest absolute Gasteiger partial charge is 0.455 e. The molecule has 69 heavy (non-hydrogen) atoms. The van der Waals surface area contributed by atoms with Gasteiger partial charge in [0.1, 0.15) is 11.2 Å². The highest BCUT2D eigenvalue weighted by Crippen LogP contribution is 2.63. The molecule has 320 valence electrons. The summed E-state index contributed by atoms with van der Waals surface area (Å²) in [5.41, 5.74) is 19.5. The molecule has 0 bridgehead atoms. The first-order valence-electron chi connectivity index (χ1n) is 23.9. The molecule has 15 rings (SSSR count). The fourth-order valence-corrected chi connectivity index (χ4v) is 12.4. The van der Waals surface area contributed by atoms with Gasteiger partial charge in [-0.1, -0.05) is 206 Å². The van der Waals surface area contributed by atoms with E-state index < -0.39 is 5.41 Å². The summed E-state index contributed by atoms with van der Waals surface area (Å²) in [7, 11) is 0. The highest BCUT2D eigenvalue weighted by Gasteiger charge is 2.51. The highest BCUT2D eigenvalue weighted by molar-refractivity contribution is 6.18. The van der Waals surface area contributed by atoms with Crippen molar-refractivity contribution in [1.82, 2.24) is 0 Å². The molecule has 2 nitrogen and oxygen atoms in total. The standard InChI is InChI=1S/C67H41NO/c1-4-19-48-42(16-1)34-38-58-57-27-15-26-56(66(57)69-65(48)58)55-25-10-14-31-64(55)68(45-35-32-43(33-36-45)59-40-44-17-2-3-18-47(44)49-20-5-6-21-50(49)59)46-37-39-54-53-24-9-13-30-62(53)67(63(54)41-46)60-28-11-7-22-51(60)52-23-8-12-29-61(52)67/h1-41H. The van der Waals surface area contributed by atoms with Crippen LogP contribution in [0.25, 0.3) is 98.8 Å². The second-order valence-electron chi connectivity index (χ2n) is 18.7. The maximum atomic E-state index is 7.04. The fraction of sp³-hybridized carbons (Fsp3) is 0.0149. The number of fused-ring (bicyclic) bond motifs is 18. The zero-order valence-corrected chi connectivity index (χ0v) is 37.5. The lowest BCUT2D eigenvalue weighted by Gasteiger charge is -2.32. The molecule has 0 unspecified atom stereocenters. The van der Waals surface area contributed by atoms with Gasteiger partial charge in [0.2, 0.25) is 0 Å². The third-order valence-electron chi connectivity index (χ3n) is 15.3. The number of furan rings is 1. The number of benzene rings is 12. The molecule has 0 fully saturated rings. The fourth-order valence-electron chi connectivity index (χ4n) is 12.4. The van der Waals surface area contributed by atoms with Gasteiger partial charge in [0.25, 0.3) is 0 Å². The molecule has 1 heterocycles. The van der Waals surface area contributed by atoms with E-state index in [0.29, 0.717) is 0 Å². The van der Waals surface area contributed by atoms with Crippen molar-refractivity contribution < 1.29 is 4.42 Å². The maximum absolute atomic E-state index is 7.04. The third-order valence-corrected chi connectivity index (χ3v) is 15.3. The summed E-state index contributed by atoms with van der Waals surface area (Å²) < 4.78 is 7.04. The smallest absolute Gasteiger partial charge is 0.143 e. The molecule has 0 N–H and O–H groups in total. The quantitative estimate of drug-likeness (QED) is 0.160. The summed E-state index contributed by atoms with van der Waals surface area (Å²) >= 11 is 0. The van der Waals surface area contributed by atoms with Gasteiger partial charge < -0.3 is 9.32 Å². The maximum Gasteiger partial charge on any atom is 0.143 e. The first-order valence-corrected chi connectivity index (χ1v) is 23.9. The molecule has 0 saturated carbocycles. The van der Waals surface area contributed by atoms with Crippen molar-refractivity contribution in [2.24, 2.45) is 0 Å². The zero-order chi connectivity index (χ0) is 45.2. The zero-order valence-electron chi connectivity index (χ0n) is 37.5. The predicted molar refractivity (Wildman–Crippen MR) is 288 cm³/mol. The molecule has 2 aliphatic carbocycles.